The molecule has 18 heavy (non-hydrogen) atoms. The van der Waals surface area contributed by atoms with Gasteiger partial charge < -0.3 is 14.9 Å². The normalized spacial score (nSPS) is 10.0. The van der Waals surface area contributed by atoms with Crippen molar-refractivity contribution in [1.29, 1.82) is 0 Å². The summed E-state index contributed by atoms with van der Waals surface area (Å²) in [5.41, 5.74) is 0. The highest BCUT2D eigenvalue weighted by atomic mass is 16.5. The number of carbonyl (C=O) groups is 1. The van der Waals surface area contributed by atoms with E-state index in [1.165, 1.54) is 24.5 Å². The summed E-state index contributed by atoms with van der Waals surface area (Å²) in [5.74, 6) is 0.137. The van der Waals surface area contributed by atoms with Crippen molar-refractivity contribution in [2.45, 2.75) is 6.42 Å². The number of carboxylic acids is 1. The van der Waals surface area contributed by atoms with Gasteiger partial charge in [0.1, 0.15) is 23.7 Å². The fourth-order valence-corrected chi connectivity index (χ4v) is 1.31. The molecule has 0 unspecified atom stereocenters. The number of aromatic nitrogens is 2. The van der Waals surface area contributed by atoms with Crippen molar-refractivity contribution in [3.8, 4) is 17.2 Å². The molecule has 2 aromatic rings. The zero-order valence-corrected chi connectivity index (χ0v) is 9.28. The lowest BCUT2D eigenvalue weighted by molar-refractivity contribution is -0.136. The van der Waals surface area contributed by atoms with Gasteiger partial charge in [-0.1, -0.05) is 6.07 Å². The van der Waals surface area contributed by atoms with Crippen LogP contribution in [0.5, 0.6) is 17.2 Å². The number of phenols is 1. The first-order valence-electron chi connectivity index (χ1n) is 5.13. The molecule has 0 saturated heterocycles. The summed E-state index contributed by atoms with van der Waals surface area (Å²) < 4.78 is 5.39. The van der Waals surface area contributed by atoms with Gasteiger partial charge in [-0.15, -0.1) is 0 Å². The Morgan fingerprint density at radius 1 is 1.22 bits per heavy atom. The molecule has 0 aliphatic rings. The second kappa shape index (κ2) is 5.13. The first-order valence-corrected chi connectivity index (χ1v) is 5.13. The minimum atomic E-state index is -0.989. The highest BCUT2D eigenvalue weighted by Crippen LogP contribution is 2.23. The lowest BCUT2D eigenvalue weighted by Crippen LogP contribution is -2.04. The second-order valence-corrected chi connectivity index (χ2v) is 3.50. The van der Waals surface area contributed by atoms with Crippen molar-refractivity contribution < 1.29 is 19.7 Å². The fraction of sp³-hybridized carbons (Fsp3) is 0.0833. The molecule has 0 fully saturated rings. The molecule has 0 spiro atoms. The third-order valence-corrected chi connectivity index (χ3v) is 2.04. The van der Waals surface area contributed by atoms with Crippen molar-refractivity contribution in [2.75, 3.05) is 0 Å². The van der Waals surface area contributed by atoms with E-state index in [0.29, 0.717) is 11.5 Å². The monoisotopic (exact) mass is 246 g/mol. The van der Waals surface area contributed by atoms with Gasteiger partial charge in [0, 0.05) is 6.07 Å². The maximum Gasteiger partial charge on any atom is 0.311 e. The molecule has 0 atom stereocenters. The summed E-state index contributed by atoms with van der Waals surface area (Å²) >= 11 is 0. The Balaban J connectivity index is 2.08. The van der Waals surface area contributed by atoms with Crippen molar-refractivity contribution in [3.63, 3.8) is 0 Å². The average Bonchev–Trinajstić information content (AvgIpc) is 2.31. The summed E-state index contributed by atoms with van der Waals surface area (Å²) in [6.45, 7) is 0. The number of hydrogen-bond donors (Lipinski definition) is 2. The summed E-state index contributed by atoms with van der Waals surface area (Å²) in [7, 11) is 0. The Labute approximate surface area is 103 Å². The van der Waals surface area contributed by atoms with E-state index < -0.39 is 5.97 Å². The maximum atomic E-state index is 10.4. The molecule has 2 N–H and O–H groups in total. The first-order chi connectivity index (χ1) is 8.63. The number of phenolic OH excluding ortho intramolecular Hbond substituents is 1. The number of ether oxygens (including phenoxy) is 1. The van der Waals surface area contributed by atoms with E-state index in [-0.39, 0.29) is 18.0 Å². The minimum absolute atomic E-state index is 0.0934. The van der Waals surface area contributed by atoms with Crippen molar-refractivity contribution >= 4 is 5.97 Å². The van der Waals surface area contributed by atoms with Gasteiger partial charge in [-0.3, -0.25) is 4.79 Å². The molecule has 0 aliphatic heterocycles. The standard InChI is InChI=1S/C12H10N2O4/c15-8-2-1-3-9(4-8)18-10-6-13-11(14-7-10)5-12(16)17/h1-4,6-7,15H,5H2,(H,16,17). The summed E-state index contributed by atoms with van der Waals surface area (Å²) in [4.78, 5) is 18.2. The van der Waals surface area contributed by atoms with Crippen molar-refractivity contribution in [3.05, 3.63) is 42.5 Å². The molecule has 0 aliphatic carbocycles. The predicted octanol–water partition coefficient (Wildman–Crippen LogP) is 1.60. The molecule has 0 radical (unpaired) electrons. The van der Waals surface area contributed by atoms with E-state index in [1.807, 2.05) is 0 Å². The number of carboxylic acid groups (broad SMARTS) is 1. The average molecular weight is 246 g/mol. The van der Waals surface area contributed by atoms with Crippen LogP contribution in [0.1, 0.15) is 5.82 Å². The van der Waals surface area contributed by atoms with Crippen LogP contribution in [0.25, 0.3) is 0 Å². The Morgan fingerprint density at radius 3 is 2.56 bits per heavy atom. The Kier molecular flexibility index (Phi) is 3.38. The van der Waals surface area contributed by atoms with E-state index in [1.54, 1.807) is 12.1 Å². The van der Waals surface area contributed by atoms with Crippen LogP contribution in [0.4, 0.5) is 0 Å². The van der Waals surface area contributed by atoms with Gasteiger partial charge in [-0.2, -0.15) is 0 Å². The molecule has 6 nitrogen and oxygen atoms in total. The van der Waals surface area contributed by atoms with E-state index >= 15 is 0 Å². The van der Waals surface area contributed by atoms with Crippen LogP contribution in [0.3, 0.4) is 0 Å². The smallest absolute Gasteiger partial charge is 0.311 e. The third kappa shape index (κ3) is 3.18. The predicted molar refractivity (Wildman–Crippen MR) is 61.6 cm³/mol. The Bertz CT molecular complexity index is 554. The lowest BCUT2D eigenvalue weighted by atomic mass is 10.3. The minimum Gasteiger partial charge on any atom is -0.508 e. The molecule has 2 rings (SSSR count). The van der Waals surface area contributed by atoms with Crippen LogP contribution in [0.15, 0.2) is 36.7 Å². The van der Waals surface area contributed by atoms with Gasteiger partial charge in [0.15, 0.2) is 5.75 Å². The van der Waals surface area contributed by atoms with E-state index in [9.17, 15) is 9.90 Å². The Morgan fingerprint density at radius 2 is 1.94 bits per heavy atom. The van der Waals surface area contributed by atoms with Crippen molar-refractivity contribution in [1.82, 2.24) is 9.97 Å². The molecule has 0 bridgehead atoms. The maximum absolute atomic E-state index is 10.4. The highest BCUT2D eigenvalue weighted by Gasteiger charge is 2.04. The van der Waals surface area contributed by atoms with Gasteiger partial charge in [-0.25, -0.2) is 9.97 Å². The van der Waals surface area contributed by atoms with Gasteiger partial charge in [0.25, 0.3) is 0 Å². The molecule has 6 heteroatoms. The van der Waals surface area contributed by atoms with Crippen LogP contribution in [0, 0.1) is 0 Å². The quantitative estimate of drug-likeness (QED) is 0.851. The SMILES string of the molecule is O=C(O)Cc1ncc(Oc2cccc(O)c2)cn1. The lowest BCUT2D eigenvalue weighted by Gasteiger charge is -2.05. The third-order valence-electron chi connectivity index (χ3n) is 2.04. The highest BCUT2D eigenvalue weighted by molar-refractivity contribution is 5.68. The number of aromatic hydroxyl groups is 1. The molecule has 0 amide bonds. The summed E-state index contributed by atoms with van der Waals surface area (Å²) in [6, 6.07) is 6.29. The summed E-state index contributed by atoms with van der Waals surface area (Å²) in [6.07, 6.45) is 2.54. The van der Waals surface area contributed by atoms with E-state index in [0.717, 1.165) is 0 Å². The number of aliphatic carboxylic acids is 1. The number of benzene rings is 1. The zero-order chi connectivity index (χ0) is 13.0. The molecule has 1 aromatic carbocycles. The number of hydrogen-bond acceptors (Lipinski definition) is 5. The summed E-state index contributed by atoms with van der Waals surface area (Å²) in [5, 5.41) is 17.8. The molecule has 0 saturated carbocycles. The van der Waals surface area contributed by atoms with Gasteiger partial charge in [0.05, 0.1) is 12.4 Å². The topological polar surface area (TPSA) is 92.5 Å². The largest absolute Gasteiger partial charge is 0.508 e. The second-order valence-electron chi connectivity index (χ2n) is 3.50. The Hall–Kier alpha value is -2.63. The molecular weight excluding hydrogens is 236 g/mol. The molecular formula is C12H10N2O4. The number of nitrogens with zero attached hydrogens (tertiary/aromatic N) is 2. The van der Waals surface area contributed by atoms with Crippen LogP contribution in [0.2, 0.25) is 0 Å². The van der Waals surface area contributed by atoms with Gasteiger partial charge >= 0.3 is 5.97 Å². The molecule has 92 valence electrons. The van der Waals surface area contributed by atoms with E-state index in [2.05, 4.69) is 9.97 Å². The fourth-order valence-electron chi connectivity index (χ4n) is 1.31. The van der Waals surface area contributed by atoms with Crippen LogP contribution >= 0.6 is 0 Å². The molecule has 1 aromatic heterocycles. The van der Waals surface area contributed by atoms with Gasteiger partial charge in [-0.05, 0) is 12.1 Å². The van der Waals surface area contributed by atoms with Crippen LogP contribution < -0.4 is 4.74 Å². The van der Waals surface area contributed by atoms with Crippen molar-refractivity contribution in [2.24, 2.45) is 0 Å². The zero-order valence-electron chi connectivity index (χ0n) is 9.28. The van der Waals surface area contributed by atoms with Gasteiger partial charge in [0.2, 0.25) is 0 Å². The van der Waals surface area contributed by atoms with Crippen LogP contribution in [-0.2, 0) is 11.2 Å². The molecule has 1 heterocycles. The van der Waals surface area contributed by atoms with Crippen LogP contribution in [-0.4, -0.2) is 26.2 Å². The number of rotatable bonds is 4. The first kappa shape index (κ1) is 11.8. The van der Waals surface area contributed by atoms with E-state index in [4.69, 9.17) is 9.84 Å².